The maximum absolute atomic E-state index is 12.2. The number of nitrogens with zero attached hydrogens (tertiary/aromatic N) is 1. The lowest BCUT2D eigenvalue weighted by molar-refractivity contribution is -0.115. The largest absolute Gasteiger partial charge is 0.465 e. The van der Waals surface area contributed by atoms with E-state index in [2.05, 4.69) is 46.7 Å². The minimum absolute atomic E-state index is 0.159. The fourth-order valence-corrected chi connectivity index (χ4v) is 3.47. The second-order valence-electron chi connectivity index (χ2n) is 7.48. The molecule has 1 aliphatic rings. The van der Waals surface area contributed by atoms with Gasteiger partial charge in [-0.15, -0.1) is 0 Å². The molecule has 1 saturated heterocycles. The molecule has 1 aliphatic heterocycles. The number of esters is 1. The first-order chi connectivity index (χ1) is 14.1. The van der Waals surface area contributed by atoms with Gasteiger partial charge in [-0.2, -0.15) is 0 Å². The molecule has 1 heterocycles. The van der Waals surface area contributed by atoms with Crippen molar-refractivity contribution in [2.45, 2.75) is 26.2 Å². The van der Waals surface area contributed by atoms with E-state index >= 15 is 0 Å². The highest BCUT2D eigenvalue weighted by Crippen LogP contribution is 2.24. The Bertz CT molecular complexity index is 828. The lowest BCUT2D eigenvalue weighted by atomic mass is 9.99. The van der Waals surface area contributed by atoms with Crippen molar-refractivity contribution in [3.05, 3.63) is 54.1 Å². The van der Waals surface area contributed by atoms with Crippen molar-refractivity contribution in [1.82, 2.24) is 0 Å². The Morgan fingerprint density at radius 2 is 1.76 bits per heavy atom. The van der Waals surface area contributed by atoms with Crippen molar-refractivity contribution in [3.8, 4) is 0 Å². The summed E-state index contributed by atoms with van der Waals surface area (Å²) in [4.78, 5) is 26.5. The number of amides is 1. The van der Waals surface area contributed by atoms with Crippen LogP contribution in [-0.4, -0.2) is 38.6 Å². The number of para-hydroxylation sites is 1. The zero-order valence-corrected chi connectivity index (χ0v) is 17.1. The fourth-order valence-electron chi connectivity index (χ4n) is 3.47. The van der Waals surface area contributed by atoms with Gasteiger partial charge in [-0.1, -0.05) is 19.1 Å². The Hall–Kier alpha value is -3.02. The molecule has 154 valence electrons. The molecule has 2 N–H and O–H groups in total. The number of carbonyl (C=O) groups excluding carboxylic acids is 2. The number of nitrogens with one attached hydrogen (secondary N) is 2. The number of piperidine rings is 1. The number of benzene rings is 2. The quantitative estimate of drug-likeness (QED) is 0.689. The Kier molecular flexibility index (Phi) is 7.11. The van der Waals surface area contributed by atoms with Gasteiger partial charge in [-0.05, 0) is 55.2 Å². The lowest BCUT2D eigenvalue weighted by Crippen LogP contribution is -2.32. The molecule has 2 aromatic carbocycles. The van der Waals surface area contributed by atoms with Crippen LogP contribution in [0.4, 0.5) is 17.1 Å². The number of ether oxygens (including phenoxy) is 1. The van der Waals surface area contributed by atoms with E-state index in [0.29, 0.717) is 24.2 Å². The van der Waals surface area contributed by atoms with Gasteiger partial charge in [0.15, 0.2) is 0 Å². The molecule has 6 heteroatoms. The van der Waals surface area contributed by atoms with Gasteiger partial charge < -0.3 is 20.3 Å². The smallest absolute Gasteiger partial charge is 0.339 e. The zero-order chi connectivity index (χ0) is 20.6. The summed E-state index contributed by atoms with van der Waals surface area (Å²) < 4.78 is 4.75. The number of anilines is 3. The van der Waals surface area contributed by atoms with Crippen LogP contribution in [-0.2, 0) is 9.53 Å². The maximum Gasteiger partial charge on any atom is 0.339 e. The Balaban J connectivity index is 1.46. The molecule has 0 unspecified atom stereocenters. The second-order valence-corrected chi connectivity index (χ2v) is 7.48. The van der Waals surface area contributed by atoms with Crippen LogP contribution in [0, 0.1) is 5.92 Å². The summed E-state index contributed by atoms with van der Waals surface area (Å²) in [6.07, 6.45) is 2.78. The van der Waals surface area contributed by atoms with Crippen LogP contribution in [0.3, 0.4) is 0 Å². The molecule has 2 aromatic rings. The Morgan fingerprint density at radius 1 is 1.07 bits per heavy atom. The predicted octanol–water partition coefficient (Wildman–Crippen LogP) is 4.15. The lowest BCUT2D eigenvalue weighted by Gasteiger charge is -2.32. The summed E-state index contributed by atoms with van der Waals surface area (Å²) in [7, 11) is 1.32. The van der Waals surface area contributed by atoms with E-state index in [9.17, 15) is 9.59 Å². The first kappa shape index (κ1) is 20.7. The van der Waals surface area contributed by atoms with Crippen molar-refractivity contribution in [2.24, 2.45) is 5.92 Å². The molecule has 1 amide bonds. The number of methoxy groups -OCH3 is 1. The van der Waals surface area contributed by atoms with E-state index < -0.39 is 5.97 Å². The van der Waals surface area contributed by atoms with E-state index in [4.69, 9.17) is 4.74 Å². The molecule has 0 bridgehead atoms. The van der Waals surface area contributed by atoms with Crippen molar-refractivity contribution in [2.75, 3.05) is 42.3 Å². The molecule has 1 fully saturated rings. The van der Waals surface area contributed by atoms with E-state index in [1.165, 1.54) is 25.6 Å². The molecule has 0 radical (unpaired) electrons. The summed E-state index contributed by atoms with van der Waals surface area (Å²) in [6.45, 7) is 5.05. The summed E-state index contributed by atoms with van der Waals surface area (Å²) in [5.41, 5.74) is 3.05. The molecule has 0 saturated carbocycles. The number of carbonyl (C=O) groups is 2. The highest BCUT2D eigenvalue weighted by atomic mass is 16.5. The third-order valence-corrected chi connectivity index (χ3v) is 5.30. The van der Waals surface area contributed by atoms with Crippen molar-refractivity contribution in [1.29, 1.82) is 0 Å². The Morgan fingerprint density at radius 3 is 2.45 bits per heavy atom. The predicted molar refractivity (Wildman–Crippen MR) is 117 cm³/mol. The fraction of sp³-hybridized carbons (Fsp3) is 0.391. The third-order valence-electron chi connectivity index (χ3n) is 5.30. The van der Waals surface area contributed by atoms with Crippen molar-refractivity contribution >= 4 is 28.9 Å². The molecule has 6 nitrogen and oxygen atoms in total. The van der Waals surface area contributed by atoms with Gasteiger partial charge in [-0.25, -0.2) is 4.79 Å². The van der Waals surface area contributed by atoms with E-state index in [1.807, 2.05) is 0 Å². The summed E-state index contributed by atoms with van der Waals surface area (Å²) in [5, 5.41) is 6.06. The van der Waals surface area contributed by atoms with Crippen molar-refractivity contribution < 1.29 is 14.3 Å². The standard InChI is InChI=1S/C23H29N3O3/c1-17-12-15-26(16-13-17)19-9-7-18(8-10-19)24-14-11-22(27)25-21-6-4-3-5-20(21)23(28)29-2/h3-10,17,24H,11-16H2,1-2H3,(H,25,27). The molecule has 0 spiro atoms. The first-order valence-electron chi connectivity index (χ1n) is 10.1. The molecular weight excluding hydrogens is 366 g/mol. The van der Waals surface area contributed by atoms with Crippen LogP contribution in [0.2, 0.25) is 0 Å². The third kappa shape index (κ3) is 5.73. The van der Waals surface area contributed by atoms with Crippen LogP contribution in [0.15, 0.2) is 48.5 Å². The topological polar surface area (TPSA) is 70.7 Å². The molecule has 0 aliphatic carbocycles. The monoisotopic (exact) mass is 395 g/mol. The van der Waals surface area contributed by atoms with Gasteiger partial charge in [-0.3, -0.25) is 4.79 Å². The summed E-state index contributed by atoms with van der Waals surface area (Å²) in [6, 6.07) is 15.2. The molecular formula is C23H29N3O3. The highest BCUT2D eigenvalue weighted by molar-refractivity contribution is 6.01. The van der Waals surface area contributed by atoms with Crippen LogP contribution in [0.5, 0.6) is 0 Å². The molecule has 3 rings (SSSR count). The highest BCUT2D eigenvalue weighted by Gasteiger charge is 2.16. The van der Waals surface area contributed by atoms with Gasteiger partial charge in [0.05, 0.1) is 18.4 Å². The Labute approximate surface area is 172 Å². The number of hydrogen-bond donors (Lipinski definition) is 2. The second kappa shape index (κ2) is 9.96. The maximum atomic E-state index is 12.2. The van der Waals surface area contributed by atoms with Gasteiger partial charge in [0.25, 0.3) is 0 Å². The molecule has 0 atom stereocenters. The van der Waals surface area contributed by atoms with E-state index in [0.717, 1.165) is 24.7 Å². The van der Waals surface area contributed by atoms with E-state index in [-0.39, 0.29) is 5.91 Å². The summed E-state index contributed by atoms with van der Waals surface area (Å²) in [5.74, 6) is 0.188. The van der Waals surface area contributed by atoms with E-state index in [1.54, 1.807) is 24.3 Å². The number of hydrogen-bond acceptors (Lipinski definition) is 5. The van der Waals surface area contributed by atoms with Gasteiger partial charge in [0.2, 0.25) is 5.91 Å². The normalized spacial score (nSPS) is 14.3. The number of rotatable bonds is 7. The molecule has 29 heavy (non-hydrogen) atoms. The average Bonchev–Trinajstić information content (AvgIpc) is 2.75. The minimum atomic E-state index is -0.470. The SMILES string of the molecule is COC(=O)c1ccccc1NC(=O)CCNc1ccc(N2CCC(C)CC2)cc1. The average molecular weight is 396 g/mol. The first-order valence-corrected chi connectivity index (χ1v) is 10.1. The molecule has 0 aromatic heterocycles. The van der Waals surface area contributed by atoms with Gasteiger partial charge >= 0.3 is 5.97 Å². The van der Waals surface area contributed by atoms with Crippen molar-refractivity contribution in [3.63, 3.8) is 0 Å². The van der Waals surface area contributed by atoms with Gasteiger partial charge in [0.1, 0.15) is 0 Å². The van der Waals surface area contributed by atoms with Crippen LogP contribution < -0.4 is 15.5 Å². The van der Waals surface area contributed by atoms with Crippen LogP contribution in [0.1, 0.15) is 36.5 Å². The van der Waals surface area contributed by atoms with Gasteiger partial charge in [0, 0.05) is 37.4 Å². The zero-order valence-electron chi connectivity index (χ0n) is 17.1. The van der Waals surface area contributed by atoms with Crippen LogP contribution >= 0.6 is 0 Å². The minimum Gasteiger partial charge on any atom is -0.465 e. The summed E-state index contributed by atoms with van der Waals surface area (Å²) >= 11 is 0. The van der Waals surface area contributed by atoms with Crippen LogP contribution in [0.25, 0.3) is 0 Å².